The number of hydrogen-bond acceptors (Lipinski definition) is 10. The first-order valence-electron chi connectivity index (χ1n) is 14.0. The molecule has 1 saturated carbocycles. The lowest BCUT2D eigenvalue weighted by atomic mass is 9.63. The van der Waals surface area contributed by atoms with Gasteiger partial charge in [-0.1, -0.05) is 13.8 Å². The Hall–Kier alpha value is -2.11. The third-order valence-electron chi connectivity index (χ3n) is 10.8. The van der Waals surface area contributed by atoms with E-state index >= 15 is 0 Å². The molecule has 10 heteroatoms. The SMILES string of the molecule is CC1=C/C(=C\[C@H](C)C(=O)[C@]2(C)CC[C@]34C[C@]56OC(=O)C[C@H]5OC(C)(C)[C@@H]6[C@@H]5C[C@H]3[C@@](O)(O5)[C@](O)(C2)O4)OC1=O. The minimum Gasteiger partial charge on any atom is -0.456 e. The molecule has 6 aliphatic heterocycles. The van der Waals surface area contributed by atoms with Crippen molar-refractivity contribution in [3.8, 4) is 0 Å². The summed E-state index contributed by atoms with van der Waals surface area (Å²) in [5, 5.41) is 24.2. The highest BCUT2D eigenvalue weighted by Crippen LogP contribution is 2.71. The smallest absolute Gasteiger partial charge is 0.339 e. The third kappa shape index (κ3) is 3.12. The van der Waals surface area contributed by atoms with E-state index in [1.165, 1.54) is 0 Å². The fraction of sp³-hybridized carbons (Fsp3) is 0.759. The van der Waals surface area contributed by atoms with E-state index in [1.807, 2.05) is 13.8 Å². The summed E-state index contributed by atoms with van der Waals surface area (Å²) in [4.78, 5) is 38.3. The summed E-state index contributed by atoms with van der Waals surface area (Å²) in [6.07, 6.45) is 3.58. The number of cyclic esters (lactones) is 1. The molecule has 5 saturated heterocycles. The lowest BCUT2D eigenvalue weighted by Crippen LogP contribution is -2.60. The van der Waals surface area contributed by atoms with Gasteiger partial charge in [0.15, 0.2) is 0 Å². The van der Waals surface area contributed by atoms with Crippen LogP contribution < -0.4 is 0 Å². The summed E-state index contributed by atoms with van der Waals surface area (Å²) in [5.41, 5.74) is -3.39. The molecular formula is C29H36O10. The lowest BCUT2D eigenvalue weighted by Gasteiger charge is -2.46. The first-order valence-corrected chi connectivity index (χ1v) is 14.0. The van der Waals surface area contributed by atoms with Gasteiger partial charge in [-0.15, -0.1) is 0 Å². The zero-order valence-electron chi connectivity index (χ0n) is 22.9. The van der Waals surface area contributed by atoms with Gasteiger partial charge in [-0.2, -0.15) is 0 Å². The fourth-order valence-corrected chi connectivity index (χ4v) is 9.33. The molecule has 7 aliphatic rings. The van der Waals surface area contributed by atoms with Gasteiger partial charge in [-0.25, -0.2) is 4.79 Å². The number of esters is 2. The monoisotopic (exact) mass is 544 g/mol. The van der Waals surface area contributed by atoms with Gasteiger partial charge in [0, 0.05) is 29.7 Å². The highest BCUT2D eigenvalue weighted by molar-refractivity contribution is 5.93. The summed E-state index contributed by atoms with van der Waals surface area (Å²) >= 11 is 0. The predicted octanol–water partition coefficient (Wildman–Crippen LogP) is 2.20. The van der Waals surface area contributed by atoms with Crippen molar-refractivity contribution in [2.75, 3.05) is 0 Å². The van der Waals surface area contributed by atoms with Gasteiger partial charge in [0.25, 0.3) is 0 Å². The van der Waals surface area contributed by atoms with Crippen LogP contribution in [0, 0.1) is 23.2 Å². The molecule has 0 aromatic carbocycles. The van der Waals surface area contributed by atoms with Crippen molar-refractivity contribution in [2.45, 2.75) is 114 Å². The molecule has 2 N–H and O–H groups in total. The van der Waals surface area contributed by atoms with Crippen LogP contribution >= 0.6 is 0 Å². The molecule has 10 nitrogen and oxygen atoms in total. The maximum atomic E-state index is 13.9. The Morgan fingerprint density at radius 1 is 1.13 bits per heavy atom. The molecule has 0 amide bonds. The van der Waals surface area contributed by atoms with Crippen molar-refractivity contribution >= 4 is 17.7 Å². The lowest BCUT2D eigenvalue weighted by molar-refractivity contribution is -0.361. The fourth-order valence-electron chi connectivity index (χ4n) is 9.33. The predicted molar refractivity (Wildman–Crippen MR) is 131 cm³/mol. The molecule has 0 aromatic heterocycles. The first kappa shape index (κ1) is 25.8. The number of ketones is 1. The van der Waals surface area contributed by atoms with Crippen LogP contribution in [0.4, 0.5) is 0 Å². The second-order valence-electron chi connectivity index (χ2n) is 13.8. The standard InChI is InChI=1S/C29H36O10/c1-14(8-16-9-15(2)23(32)35-16)22(31)25(5)6-7-26-13-27-19(11-20(30)38-27)37-24(3,4)21(27)17-10-18(26)29(34,36-17)28(33,12-25)39-26/h8-9,14,17-19,21,33-34H,6-7,10-13H2,1-5H3/b16-8+/t14-,17-,18+,19+,21-,25+,26-,27-,28-,29+/m0/s1. The third-order valence-corrected chi connectivity index (χ3v) is 10.8. The summed E-state index contributed by atoms with van der Waals surface area (Å²) in [6, 6.07) is 0. The number of fused-ring (bicyclic) bond motifs is 4. The van der Waals surface area contributed by atoms with Crippen LogP contribution in [-0.4, -0.2) is 68.5 Å². The van der Waals surface area contributed by atoms with Crippen molar-refractivity contribution in [1.29, 1.82) is 0 Å². The van der Waals surface area contributed by atoms with Gasteiger partial charge in [-0.05, 0) is 52.2 Å². The van der Waals surface area contributed by atoms with Gasteiger partial charge in [0.05, 0.1) is 35.6 Å². The average Bonchev–Trinajstić information content (AvgIpc) is 3.46. The summed E-state index contributed by atoms with van der Waals surface area (Å²) in [7, 11) is 0. The molecule has 39 heavy (non-hydrogen) atoms. The van der Waals surface area contributed by atoms with E-state index in [4.69, 9.17) is 23.7 Å². The highest BCUT2D eigenvalue weighted by atomic mass is 16.8. The van der Waals surface area contributed by atoms with Crippen molar-refractivity contribution in [3.63, 3.8) is 0 Å². The summed E-state index contributed by atoms with van der Waals surface area (Å²) in [5.74, 6) is -6.33. The van der Waals surface area contributed by atoms with E-state index < -0.39 is 63.8 Å². The van der Waals surface area contributed by atoms with Crippen molar-refractivity contribution in [1.82, 2.24) is 0 Å². The number of Topliss-reactive ketones (excluding diaryl/α,β-unsaturated/α-hetero) is 1. The van der Waals surface area contributed by atoms with E-state index in [1.54, 1.807) is 32.9 Å². The van der Waals surface area contributed by atoms with Crippen molar-refractivity contribution < 1.29 is 48.3 Å². The van der Waals surface area contributed by atoms with Gasteiger partial charge in [0.2, 0.25) is 11.6 Å². The van der Waals surface area contributed by atoms with Crippen molar-refractivity contribution in [2.24, 2.45) is 23.2 Å². The Balaban J connectivity index is 1.26. The molecule has 212 valence electrons. The van der Waals surface area contributed by atoms with Gasteiger partial charge in [-0.3, -0.25) is 9.59 Å². The Morgan fingerprint density at radius 3 is 2.56 bits per heavy atom. The second kappa shape index (κ2) is 7.39. The quantitative estimate of drug-likeness (QED) is 0.509. The minimum absolute atomic E-state index is 0.128. The van der Waals surface area contributed by atoms with Crippen LogP contribution in [0.3, 0.4) is 0 Å². The Kier molecular flexibility index (Phi) is 4.89. The number of hydrogen-bond donors (Lipinski definition) is 2. The van der Waals surface area contributed by atoms with E-state index in [-0.39, 0.29) is 36.9 Å². The zero-order valence-corrected chi connectivity index (χ0v) is 22.9. The number of allylic oxidation sites excluding steroid dienone is 2. The Labute approximate surface area is 226 Å². The molecule has 0 unspecified atom stereocenters. The first-order chi connectivity index (χ1) is 18.1. The van der Waals surface area contributed by atoms with E-state index in [9.17, 15) is 24.6 Å². The molecule has 1 aliphatic carbocycles. The summed E-state index contributed by atoms with van der Waals surface area (Å²) < 4.78 is 30.6. The molecule has 6 fully saturated rings. The average molecular weight is 545 g/mol. The molecule has 0 radical (unpaired) electrons. The van der Waals surface area contributed by atoms with Crippen LogP contribution in [0.1, 0.15) is 73.1 Å². The van der Waals surface area contributed by atoms with E-state index in [0.29, 0.717) is 30.6 Å². The van der Waals surface area contributed by atoms with E-state index in [0.717, 1.165) is 0 Å². The summed E-state index contributed by atoms with van der Waals surface area (Å²) in [6.45, 7) is 9.06. The number of rotatable bonds is 3. The topological polar surface area (TPSA) is 138 Å². The van der Waals surface area contributed by atoms with Gasteiger partial charge >= 0.3 is 11.9 Å². The Bertz CT molecular complexity index is 1270. The van der Waals surface area contributed by atoms with Crippen LogP contribution in [0.5, 0.6) is 0 Å². The van der Waals surface area contributed by atoms with Crippen LogP contribution in [-0.2, 0) is 38.1 Å². The largest absolute Gasteiger partial charge is 0.456 e. The second-order valence-corrected chi connectivity index (χ2v) is 13.8. The van der Waals surface area contributed by atoms with Gasteiger partial charge in [0.1, 0.15) is 23.2 Å². The number of carbonyl (C=O) groups is 3. The van der Waals surface area contributed by atoms with Gasteiger partial charge < -0.3 is 33.9 Å². The number of carbonyl (C=O) groups excluding carboxylic acids is 3. The molecule has 0 aromatic rings. The zero-order chi connectivity index (χ0) is 28.0. The highest BCUT2D eigenvalue weighted by Gasteiger charge is 2.84. The number of aliphatic hydroxyl groups is 2. The van der Waals surface area contributed by atoms with Crippen LogP contribution in [0.15, 0.2) is 23.5 Å². The molecular weight excluding hydrogens is 508 g/mol. The Morgan fingerprint density at radius 2 is 1.87 bits per heavy atom. The molecule has 7 rings (SSSR count). The normalized spacial score (nSPS) is 52.5. The maximum absolute atomic E-state index is 13.9. The van der Waals surface area contributed by atoms with Crippen molar-refractivity contribution in [3.05, 3.63) is 23.5 Å². The minimum atomic E-state index is -2.14. The number of ether oxygens (including phenoxy) is 5. The molecule has 2 spiro atoms. The maximum Gasteiger partial charge on any atom is 0.339 e. The molecule has 6 heterocycles. The van der Waals surface area contributed by atoms with Crippen LogP contribution in [0.25, 0.3) is 0 Å². The van der Waals surface area contributed by atoms with E-state index in [2.05, 4.69) is 0 Å². The van der Waals surface area contributed by atoms with Crippen LogP contribution in [0.2, 0.25) is 0 Å². The molecule has 4 bridgehead atoms. The molecule has 10 atom stereocenters.